The normalized spacial score (nSPS) is 10.7. The first-order chi connectivity index (χ1) is 13.2. The molecule has 0 aliphatic carbocycles. The average Bonchev–Trinajstić information content (AvgIpc) is 3.23. The van der Waals surface area contributed by atoms with Gasteiger partial charge in [0.25, 0.3) is 0 Å². The van der Waals surface area contributed by atoms with Crippen molar-refractivity contribution in [3.05, 3.63) is 72.9 Å². The van der Waals surface area contributed by atoms with Gasteiger partial charge in [-0.3, -0.25) is 9.78 Å². The fourth-order valence-electron chi connectivity index (χ4n) is 2.68. The van der Waals surface area contributed by atoms with E-state index in [0.717, 1.165) is 5.56 Å². The van der Waals surface area contributed by atoms with E-state index in [4.69, 9.17) is 10.2 Å². The summed E-state index contributed by atoms with van der Waals surface area (Å²) in [4.78, 5) is 29.2. The van der Waals surface area contributed by atoms with Gasteiger partial charge in [-0.1, -0.05) is 30.3 Å². The second kappa shape index (κ2) is 7.17. The molecule has 0 atom stereocenters. The molecule has 7 heteroatoms. The Bertz CT molecular complexity index is 1080. The number of carbonyl (C=O) groups excluding carboxylic acids is 1. The number of rotatable bonds is 5. The van der Waals surface area contributed by atoms with E-state index in [9.17, 15) is 4.79 Å². The highest BCUT2D eigenvalue weighted by molar-refractivity contribution is 5.77. The second-order valence-electron chi connectivity index (χ2n) is 5.81. The van der Waals surface area contributed by atoms with Crippen molar-refractivity contribution in [2.75, 3.05) is 0 Å². The van der Waals surface area contributed by atoms with E-state index >= 15 is 0 Å². The van der Waals surface area contributed by atoms with Crippen molar-refractivity contribution in [2.45, 2.75) is 6.42 Å². The first kappa shape index (κ1) is 16.6. The molecule has 0 spiro atoms. The minimum atomic E-state index is -0.476. The highest BCUT2D eigenvalue weighted by Gasteiger charge is 2.17. The van der Waals surface area contributed by atoms with E-state index in [1.54, 1.807) is 30.7 Å². The highest BCUT2D eigenvalue weighted by atomic mass is 16.3. The van der Waals surface area contributed by atoms with Gasteiger partial charge in [-0.25, -0.2) is 15.0 Å². The number of benzene rings is 1. The summed E-state index contributed by atoms with van der Waals surface area (Å²) in [6.07, 6.45) is 4.75. The van der Waals surface area contributed by atoms with Crippen molar-refractivity contribution in [1.82, 2.24) is 19.9 Å². The first-order valence-corrected chi connectivity index (χ1v) is 8.27. The molecule has 0 unspecified atom stereocenters. The Balaban J connectivity index is 1.83. The predicted octanol–water partition coefficient (Wildman–Crippen LogP) is 2.89. The number of carbonyl (C=O) groups is 1. The number of aromatic nitrogens is 4. The van der Waals surface area contributed by atoms with Gasteiger partial charge in [0, 0.05) is 18.0 Å². The zero-order valence-corrected chi connectivity index (χ0v) is 14.2. The maximum absolute atomic E-state index is 11.2. The van der Waals surface area contributed by atoms with Crippen LogP contribution in [0.25, 0.3) is 34.2 Å². The van der Waals surface area contributed by atoms with Gasteiger partial charge in [-0.05, 0) is 18.2 Å². The maximum atomic E-state index is 11.2. The molecule has 3 heterocycles. The van der Waals surface area contributed by atoms with Crippen LogP contribution in [-0.4, -0.2) is 25.8 Å². The lowest BCUT2D eigenvalue weighted by Gasteiger charge is -2.08. The van der Waals surface area contributed by atoms with Crippen LogP contribution in [0, 0.1) is 0 Å². The molecule has 1 aromatic carbocycles. The third-order valence-electron chi connectivity index (χ3n) is 3.86. The van der Waals surface area contributed by atoms with Crippen molar-refractivity contribution >= 4 is 5.91 Å². The standard InChI is InChI=1S/C20H15N5O2/c21-17(26)11-14-12-23-18(19(24-14)16-7-4-10-27-16)15-8-9-22-20(25-15)13-5-2-1-3-6-13/h1-10,12H,11H2,(H2,21,26). The van der Waals surface area contributed by atoms with E-state index in [-0.39, 0.29) is 6.42 Å². The third kappa shape index (κ3) is 3.57. The maximum Gasteiger partial charge on any atom is 0.223 e. The summed E-state index contributed by atoms with van der Waals surface area (Å²) in [6.45, 7) is 0. The number of primary amides is 1. The Morgan fingerprint density at radius 2 is 1.81 bits per heavy atom. The topological polar surface area (TPSA) is 108 Å². The van der Waals surface area contributed by atoms with Crippen LogP contribution in [0.15, 0.2) is 71.6 Å². The molecule has 0 saturated heterocycles. The summed E-state index contributed by atoms with van der Waals surface area (Å²) >= 11 is 0. The van der Waals surface area contributed by atoms with Crippen LogP contribution in [-0.2, 0) is 11.2 Å². The molecule has 0 fully saturated rings. The lowest BCUT2D eigenvalue weighted by atomic mass is 10.1. The van der Waals surface area contributed by atoms with Gasteiger partial charge in [0.2, 0.25) is 5.91 Å². The molecule has 27 heavy (non-hydrogen) atoms. The SMILES string of the molecule is NC(=O)Cc1cnc(-c2ccnc(-c3ccccc3)n2)c(-c2ccco2)n1. The molecule has 0 aliphatic heterocycles. The smallest absolute Gasteiger partial charge is 0.223 e. The molecule has 7 nitrogen and oxygen atoms in total. The Labute approximate surface area is 155 Å². The van der Waals surface area contributed by atoms with E-state index < -0.39 is 5.91 Å². The van der Waals surface area contributed by atoms with Crippen LogP contribution in [0.3, 0.4) is 0 Å². The van der Waals surface area contributed by atoms with Crippen molar-refractivity contribution in [1.29, 1.82) is 0 Å². The zero-order valence-electron chi connectivity index (χ0n) is 14.2. The van der Waals surface area contributed by atoms with Crippen LogP contribution < -0.4 is 5.73 Å². The van der Waals surface area contributed by atoms with Crippen LogP contribution in [0.1, 0.15) is 5.69 Å². The monoisotopic (exact) mass is 357 g/mol. The Morgan fingerprint density at radius 3 is 2.56 bits per heavy atom. The molecule has 2 N–H and O–H groups in total. The summed E-state index contributed by atoms with van der Waals surface area (Å²) in [5.41, 5.74) is 8.28. The minimum Gasteiger partial charge on any atom is -0.463 e. The fraction of sp³-hybridized carbons (Fsp3) is 0.0500. The van der Waals surface area contributed by atoms with Gasteiger partial charge in [-0.15, -0.1) is 0 Å². The number of hydrogen-bond acceptors (Lipinski definition) is 6. The summed E-state index contributed by atoms with van der Waals surface area (Å²) in [5, 5.41) is 0. The molecular formula is C20H15N5O2. The molecule has 132 valence electrons. The molecule has 0 bridgehead atoms. The van der Waals surface area contributed by atoms with E-state index in [2.05, 4.69) is 19.9 Å². The van der Waals surface area contributed by atoms with Gasteiger partial charge in [0.1, 0.15) is 11.4 Å². The fourth-order valence-corrected chi connectivity index (χ4v) is 2.68. The van der Waals surface area contributed by atoms with E-state index in [1.165, 1.54) is 6.20 Å². The van der Waals surface area contributed by atoms with Gasteiger partial charge in [0.15, 0.2) is 11.6 Å². The molecule has 1 amide bonds. The van der Waals surface area contributed by atoms with Crippen molar-refractivity contribution < 1.29 is 9.21 Å². The summed E-state index contributed by atoms with van der Waals surface area (Å²) in [5.74, 6) is 0.640. The molecular weight excluding hydrogens is 342 g/mol. The lowest BCUT2D eigenvalue weighted by Crippen LogP contribution is -2.15. The number of hydrogen-bond donors (Lipinski definition) is 1. The van der Waals surface area contributed by atoms with Crippen LogP contribution in [0.5, 0.6) is 0 Å². The van der Waals surface area contributed by atoms with Crippen molar-refractivity contribution in [3.8, 4) is 34.2 Å². The zero-order chi connectivity index (χ0) is 18.6. The number of nitrogens with zero attached hydrogens (tertiary/aromatic N) is 4. The Hall–Kier alpha value is -3.87. The Kier molecular flexibility index (Phi) is 4.40. The van der Waals surface area contributed by atoms with Gasteiger partial charge >= 0.3 is 0 Å². The van der Waals surface area contributed by atoms with Gasteiger partial charge in [-0.2, -0.15) is 0 Å². The molecule has 0 aliphatic rings. The lowest BCUT2D eigenvalue weighted by molar-refractivity contribution is -0.117. The second-order valence-corrected chi connectivity index (χ2v) is 5.81. The predicted molar refractivity (Wildman–Crippen MR) is 99.1 cm³/mol. The van der Waals surface area contributed by atoms with Gasteiger partial charge in [0.05, 0.1) is 24.1 Å². The third-order valence-corrected chi connectivity index (χ3v) is 3.86. The first-order valence-electron chi connectivity index (χ1n) is 8.27. The van der Waals surface area contributed by atoms with E-state index in [1.807, 2.05) is 30.3 Å². The summed E-state index contributed by atoms with van der Waals surface area (Å²) in [6, 6.07) is 15.0. The Morgan fingerprint density at radius 1 is 0.963 bits per heavy atom. The molecule has 3 aromatic heterocycles. The van der Waals surface area contributed by atoms with Gasteiger partial charge < -0.3 is 10.2 Å². The molecule has 0 saturated carbocycles. The van der Waals surface area contributed by atoms with Crippen LogP contribution in [0.4, 0.5) is 0 Å². The number of furan rings is 1. The molecule has 4 rings (SSSR count). The van der Waals surface area contributed by atoms with Crippen LogP contribution in [0.2, 0.25) is 0 Å². The largest absolute Gasteiger partial charge is 0.463 e. The quantitative estimate of drug-likeness (QED) is 0.588. The average molecular weight is 357 g/mol. The molecule has 4 aromatic rings. The van der Waals surface area contributed by atoms with E-state index in [0.29, 0.717) is 34.4 Å². The van der Waals surface area contributed by atoms with Crippen LogP contribution >= 0.6 is 0 Å². The van der Waals surface area contributed by atoms with Crippen molar-refractivity contribution in [3.63, 3.8) is 0 Å². The summed E-state index contributed by atoms with van der Waals surface area (Å²) in [7, 11) is 0. The molecule has 0 radical (unpaired) electrons. The highest BCUT2D eigenvalue weighted by Crippen LogP contribution is 2.29. The summed E-state index contributed by atoms with van der Waals surface area (Å²) < 4.78 is 5.49. The minimum absolute atomic E-state index is 0.0000275. The number of nitrogens with two attached hydrogens (primary N) is 1. The number of amides is 1. The van der Waals surface area contributed by atoms with Crippen molar-refractivity contribution in [2.24, 2.45) is 5.73 Å².